The van der Waals surface area contributed by atoms with Crippen molar-refractivity contribution >= 4 is 23.6 Å². The number of carbonyl (C=O) groups is 3. The van der Waals surface area contributed by atoms with E-state index in [9.17, 15) is 14.4 Å². The van der Waals surface area contributed by atoms with E-state index >= 15 is 0 Å². The molecular weight excluding hydrogens is 458 g/mol. The molecule has 0 bridgehead atoms. The van der Waals surface area contributed by atoms with Crippen molar-refractivity contribution < 1.29 is 23.9 Å². The minimum atomic E-state index is -0.873. The molecule has 2 N–H and O–H groups in total. The van der Waals surface area contributed by atoms with Crippen LogP contribution in [0.1, 0.15) is 63.3 Å². The third kappa shape index (κ3) is 6.99. The van der Waals surface area contributed by atoms with Gasteiger partial charge < -0.3 is 25.0 Å². The van der Waals surface area contributed by atoms with Gasteiger partial charge in [-0.25, -0.2) is 4.79 Å². The summed E-state index contributed by atoms with van der Waals surface area (Å²) in [6, 6.07) is 11.0. The van der Waals surface area contributed by atoms with Crippen LogP contribution < -0.4 is 15.4 Å². The van der Waals surface area contributed by atoms with Gasteiger partial charge in [0.15, 0.2) is 0 Å². The summed E-state index contributed by atoms with van der Waals surface area (Å²) in [7, 11) is 1.58. The number of hydrogen-bond donors (Lipinski definition) is 2. The van der Waals surface area contributed by atoms with E-state index in [4.69, 9.17) is 9.47 Å². The van der Waals surface area contributed by atoms with Crippen LogP contribution in [-0.2, 0) is 14.3 Å². The van der Waals surface area contributed by atoms with E-state index in [1.54, 1.807) is 64.0 Å². The summed E-state index contributed by atoms with van der Waals surface area (Å²) in [4.78, 5) is 41.5. The SMILES string of the molecule is COc1ccc(NC(=O)C(c2ccc(C)cc2C)N(C(=O)C(C)NC(=O)OC(C)(C)C)C2CC2)cc1. The van der Waals surface area contributed by atoms with Crippen LogP contribution in [0.5, 0.6) is 5.75 Å². The van der Waals surface area contributed by atoms with E-state index in [1.165, 1.54) is 0 Å². The second-order valence-corrected chi connectivity index (χ2v) is 10.3. The molecule has 2 atom stereocenters. The molecule has 8 heteroatoms. The molecule has 1 saturated carbocycles. The third-order valence-corrected chi connectivity index (χ3v) is 5.90. The maximum atomic E-state index is 13.8. The van der Waals surface area contributed by atoms with Crippen molar-refractivity contribution in [3.63, 3.8) is 0 Å². The Morgan fingerprint density at radius 1 is 1.03 bits per heavy atom. The number of benzene rings is 2. The van der Waals surface area contributed by atoms with Crippen molar-refractivity contribution in [3.05, 3.63) is 59.2 Å². The Balaban J connectivity index is 1.93. The van der Waals surface area contributed by atoms with Gasteiger partial charge in [0.2, 0.25) is 5.91 Å². The zero-order valence-corrected chi connectivity index (χ0v) is 22.2. The highest BCUT2D eigenvalue weighted by Crippen LogP contribution is 2.37. The van der Waals surface area contributed by atoms with Gasteiger partial charge in [-0.05, 0) is 89.8 Å². The summed E-state index contributed by atoms with van der Waals surface area (Å²) in [5, 5.41) is 5.59. The Hall–Kier alpha value is -3.55. The lowest BCUT2D eigenvalue weighted by atomic mass is 9.96. The van der Waals surface area contributed by atoms with Gasteiger partial charge in [-0.3, -0.25) is 9.59 Å². The van der Waals surface area contributed by atoms with Crippen LogP contribution in [0.4, 0.5) is 10.5 Å². The fourth-order valence-electron chi connectivity index (χ4n) is 4.08. The highest BCUT2D eigenvalue weighted by atomic mass is 16.6. The van der Waals surface area contributed by atoms with Gasteiger partial charge in [-0.1, -0.05) is 23.8 Å². The van der Waals surface area contributed by atoms with E-state index in [0.29, 0.717) is 11.4 Å². The molecular formula is C28H37N3O5. The van der Waals surface area contributed by atoms with Crippen molar-refractivity contribution in [1.29, 1.82) is 0 Å². The molecule has 8 nitrogen and oxygen atoms in total. The Kier molecular flexibility index (Phi) is 8.28. The topological polar surface area (TPSA) is 97.0 Å². The Bertz CT molecular complexity index is 1100. The van der Waals surface area contributed by atoms with Gasteiger partial charge in [-0.2, -0.15) is 0 Å². The molecule has 194 valence electrons. The van der Waals surface area contributed by atoms with Crippen LogP contribution in [0.15, 0.2) is 42.5 Å². The molecule has 2 aromatic carbocycles. The second-order valence-electron chi connectivity index (χ2n) is 10.3. The first-order chi connectivity index (χ1) is 16.9. The third-order valence-electron chi connectivity index (χ3n) is 5.90. The van der Waals surface area contributed by atoms with E-state index in [2.05, 4.69) is 10.6 Å². The van der Waals surface area contributed by atoms with Crippen LogP contribution in [-0.4, -0.2) is 47.6 Å². The first kappa shape index (κ1) is 27.0. The van der Waals surface area contributed by atoms with E-state index < -0.39 is 23.8 Å². The van der Waals surface area contributed by atoms with Gasteiger partial charge in [0.1, 0.15) is 23.4 Å². The number of alkyl carbamates (subject to hydrolysis) is 1. The summed E-state index contributed by atoms with van der Waals surface area (Å²) >= 11 is 0. The normalized spacial score (nSPS) is 14.9. The highest BCUT2D eigenvalue weighted by molar-refractivity contribution is 5.99. The lowest BCUT2D eigenvalue weighted by molar-refractivity contribution is -0.141. The maximum absolute atomic E-state index is 13.8. The molecule has 0 heterocycles. The summed E-state index contributed by atoms with van der Waals surface area (Å²) in [5.41, 5.74) is 2.63. The number of nitrogens with one attached hydrogen (secondary N) is 2. The predicted octanol–water partition coefficient (Wildman–Crippen LogP) is 4.90. The van der Waals surface area contributed by atoms with Crippen LogP contribution >= 0.6 is 0 Å². The Morgan fingerprint density at radius 2 is 1.67 bits per heavy atom. The van der Waals surface area contributed by atoms with Crippen LogP contribution in [0.2, 0.25) is 0 Å². The van der Waals surface area contributed by atoms with Crippen LogP contribution in [0, 0.1) is 13.8 Å². The number of nitrogens with zero attached hydrogens (tertiary/aromatic N) is 1. The van der Waals surface area contributed by atoms with E-state index in [0.717, 1.165) is 29.5 Å². The fourth-order valence-corrected chi connectivity index (χ4v) is 4.08. The minimum absolute atomic E-state index is 0.0901. The summed E-state index contributed by atoms with van der Waals surface area (Å²) in [6.07, 6.45) is 0.911. The fraction of sp³-hybridized carbons (Fsp3) is 0.464. The molecule has 0 aromatic heterocycles. The first-order valence-corrected chi connectivity index (χ1v) is 12.2. The van der Waals surface area contributed by atoms with Gasteiger partial charge in [0, 0.05) is 11.7 Å². The van der Waals surface area contributed by atoms with Gasteiger partial charge in [0.05, 0.1) is 7.11 Å². The van der Waals surface area contributed by atoms with Gasteiger partial charge >= 0.3 is 6.09 Å². The summed E-state index contributed by atoms with van der Waals surface area (Å²) < 4.78 is 10.5. The van der Waals surface area contributed by atoms with Crippen molar-refractivity contribution in [2.24, 2.45) is 0 Å². The van der Waals surface area contributed by atoms with Crippen molar-refractivity contribution in [3.8, 4) is 5.75 Å². The molecule has 1 aliphatic carbocycles. The average molecular weight is 496 g/mol. The largest absolute Gasteiger partial charge is 0.497 e. The van der Waals surface area contributed by atoms with Gasteiger partial charge in [-0.15, -0.1) is 0 Å². The molecule has 1 aliphatic rings. The zero-order valence-electron chi connectivity index (χ0n) is 22.2. The number of anilines is 1. The lowest BCUT2D eigenvalue weighted by Gasteiger charge is -2.34. The monoisotopic (exact) mass is 495 g/mol. The molecule has 2 unspecified atom stereocenters. The Labute approximate surface area is 213 Å². The number of aryl methyl sites for hydroxylation is 2. The van der Waals surface area contributed by atoms with Crippen molar-refractivity contribution in [2.75, 3.05) is 12.4 Å². The van der Waals surface area contributed by atoms with Crippen LogP contribution in [0.3, 0.4) is 0 Å². The van der Waals surface area contributed by atoms with E-state index in [-0.39, 0.29) is 17.9 Å². The number of hydrogen-bond acceptors (Lipinski definition) is 5. The molecule has 2 aromatic rings. The minimum Gasteiger partial charge on any atom is -0.497 e. The maximum Gasteiger partial charge on any atom is 0.408 e. The summed E-state index contributed by atoms with van der Waals surface area (Å²) in [5.74, 6) is 0.0193. The Morgan fingerprint density at radius 3 is 2.19 bits per heavy atom. The van der Waals surface area contributed by atoms with Crippen molar-refractivity contribution in [2.45, 2.75) is 78.1 Å². The average Bonchev–Trinajstić information content (AvgIpc) is 3.61. The molecule has 3 rings (SSSR count). The number of amides is 3. The zero-order chi connectivity index (χ0) is 26.6. The highest BCUT2D eigenvalue weighted by Gasteiger charge is 2.43. The smallest absolute Gasteiger partial charge is 0.408 e. The standard InChI is InChI=1S/C28H37N3O5/c1-17-8-15-23(18(2)16-17)24(25(32)30-20-9-13-22(35-7)14-10-20)31(21-11-12-21)26(33)19(3)29-27(34)36-28(4,5)6/h8-10,13-16,19,21,24H,11-12H2,1-7H3,(H,29,34)(H,30,32). The van der Waals surface area contributed by atoms with E-state index in [1.807, 2.05) is 32.0 Å². The molecule has 36 heavy (non-hydrogen) atoms. The molecule has 0 spiro atoms. The molecule has 1 fully saturated rings. The summed E-state index contributed by atoms with van der Waals surface area (Å²) in [6.45, 7) is 10.8. The predicted molar refractivity (Wildman–Crippen MR) is 139 cm³/mol. The van der Waals surface area contributed by atoms with Crippen LogP contribution in [0.25, 0.3) is 0 Å². The molecule has 0 aliphatic heterocycles. The van der Waals surface area contributed by atoms with Gasteiger partial charge in [0.25, 0.3) is 5.91 Å². The lowest BCUT2D eigenvalue weighted by Crippen LogP contribution is -2.52. The van der Waals surface area contributed by atoms with Crippen molar-refractivity contribution in [1.82, 2.24) is 10.2 Å². The number of methoxy groups -OCH3 is 1. The first-order valence-electron chi connectivity index (χ1n) is 12.2. The number of carbonyl (C=O) groups excluding carboxylic acids is 3. The molecule has 0 radical (unpaired) electrons. The quantitative estimate of drug-likeness (QED) is 0.543. The molecule has 0 saturated heterocycles. The number of rotatable bonds is 8. The second kappa shape index (κ2) is 11.0. The molecule has 3 amide bonds. The number of ether oxygens (including phenoxy) is 2.